The Morgan fingerprint density at radius 2 is 1.72 bits per heavy atom. The van der Waals surface area contributed by atoms with E-state index in [1.54, 1.807) is 23.5 Å². The van der Waals surface area contributed by atoms with Crippen LogP contribution in [-0.2, 0) is 0 Å². The van der Waals surface area contributed by atoms with Crippen LogP contribution in [0.3, 0.4) is 0 Å². The molecule has 146 valence electrons. The van der Waals surface area contributed by atoms with Gasteiger partial charge in [-0.3, -0.25) is 0 Å². The van der Waals surface area contributed by atoms with Crippen LogP contribution < -0.4 is 14.8 Å². The van der Waals surface area contributed by atoms with Crippen LogP contribution in [0.5, 0.6) is 0 Å². The third kappa shape index (κ3) is 3.38. The molecule has 0 unspecified atom stereocenters. The van der Waals surface area contributed by atoms with E-state index in [-0.39, 0.29) is 0 Å². The van der Waals surface area contributed by atoms with Crippen LogP contribution in [0.25, 0.3) is 31.7 Å². The summed E-state index contributed by atoms with van der Waals surface area (Å²) in [5, 5.41) is 12.0. The van der Waals surface area contributed by atoms with Gasteiger partial charge in [-0.1, -0.05) is 24.3 Å². The molecule has 4 nitrogen and oxygen atoms in total. The second-order valence-corrected chi connectivity index (χ2v) is 8.56. The van der Waals surface area contributed by atoms with Crippen molar-refractivity contribution in [2.45, 2.75) is 0 Å². The van der Waals surface area contributed by atoms with Crippen molar-refractivity contribution in [1.82, 2.24) is 4.58 Å². The Hall–Kier alpha value is -3.18. The Balaban J connectivity index is 2.19. The number of carboxylic acids is 1. The highest BCUT2D eigenvalue weighted by Gasteiger charge is 2.20. The Bertz CT molecular complexity index is 1280. The Kier molecular flexibility index (Phi) is 4.84. The summed E-state index contributed by atoms with van der Waals surface area (Å²) < 4.78 is 3.21. The molecule has 0 amide bonds. The van der Waals surface area contributed by atoms with Gasteiger partial charge in [0.05, 0.1) is 5.56 Å². The first-order valence-corrected chi connectivity index (χ1v) is 10.2. The molecule has 0 saturated heterocycles. The van der Waals surface area contributed by atoms with Gasteiger partial charge < -0.3 is 10.0 Å². The highest BCUT2D eigenvalue weighted by Crippen LogP contribution is 2.44. The predicted octanol–water partition coefficient (Wildman–Crippen LogP) is 4.47. The smallest absolute Gasteiger partial charge is 0.336 e. The van der Waals surface area contributed by atoms with Gasteiger partial charge in [0.15, 0.2) is 0 Å². The van der Waals surface area contributed by atoms with E-state index < -0.39 is 5.97 Å². The number of fused-ring (bicyclic) bond motifs is 2. The molecule has 0 fully saturated rings. The average Bonchev–Trinajstić information content (AvgIpc) is 2.70. The van der Waals surface area contributed by atoms with Crippen LogP contribution in [0, 0.1) is 0 Å². The molecule has 1 aliphatic carbocycles. The average molecular weight is 404 g/mol. The van der Waals surface area contributed by atoms with Crippen LogP contribution in [0.1, 0.15) is 10.4 Å². The molecular weight excluding hydrogens is 380 g/mol. The fourth-order valence-corrected chi connectivity index (χ4v) is 4.76. The van der Waals surface area contributed by atoms with Crippen LogP contribution in [0.4, 0.5) is 5.69 Å². The quantitative estimate of drug-likeness (QED) is 0.405. The summed E-state index contributed by atoms with van der Waals surface area (Å²) in [5.74, 6) is -0.913. The molecule has 0 bridgehead atoms. The van der Waals surface area contributed by atoms with Crippen LogP contribution in [0.15, 0.2) is 60.7 Å². The van der Waals surface area contributed by atoms with Crippen molar-refractivity contribution >= 4 is 33.1 Å². The van der Waals surface area contributed by atoms with Gasteiger partial charge in [0, 0.05) is 52.4 Å². The minimum atomic E-state index is -0.913. The summed E-state index contributed by atoms with van der Waals surface area (Å²) in [4.78, 5) is 15.2. The van der Waals surface area contributed by atoms with Crippen molar-refractivity contribution < 1.29 is 9.90 Å². The molecule has 1 N–H and O–H groups in total. The lowest BCUT2D eigenvalue weighted by atomic mass is 9.92. The molecule has 0 aromatic heterocycles. The van der Waals surface area contributed by atoms with E-state index in [9.17, 15) is 9.90 Å². The molecule has 0 atom stereocenters. The van der Waals surface area contributed by atoms with Gasteiger partial charge in [0.25, 0.3) is 0 Å². The zero-order valence-electron chi connectivity index (χ0n) is 16.9. The largest absolute Gasteiger partial charge is 0.478 e. The van der Waals surface area contributed by atoms with Gasteiger partial charge in [-0.05, 0) is 35.4 Å². The highest BCUT2D eigenvalue weighted by molar-refractivity contribution is 7.21. The van der Waals surface area contributed by atoms with E-state index in [1.165, 1.54) is 0 Å². The number of hydrogen-bond donors (Lipinski definition) is 1. The van der Waals surface area contributed by atoms with Gasteiger partial charge in [-0.15, -0.1) is 11.3 Å². The molecule has 0 saturated carbocycles. The highest BCUT2D eigenvalue weighted by atomic mass is 32.1. The maximum atomic E-state index is 11.9. The molecule has 0 radical (unpaired) electrons. The normalized spacial score (nSPS) is 11.0. The van der Waals surface area contributed by atoms with Crippen LogP contribution in [0.2, 0.25) is 0 Å². The zero-order chi connectivity index (χ0) is 20.7. The molecule has 2 aromatic carbocycles. The van der Waals surface area contributed by atoms with E-state index in [1.807, 2.05) is 40.3 Å². The minimum Gasteiger partial charge on any atom is -0.478 e. The molecule has 1 aliphatic heterocycles. The maximum Gasteiger partial charge on any atom is 0.336 e. The van der Waals surface area contributed by atoms with Gasteiger partial charge >= 0.3 is 5.97 Å². The number of rotatable bonds is 3. The molecule has 2 aromatic rings. The Labute approximate surface area is 174 Å². The minimum absolute atomic E-state index is 0.319. The molecule has 2 aliphatic rings. The number of anilines is 1. The second-order valence-electron chi connectivity index (χ2n) is 7.48. The summed E-state index contributed by atoms with van der Waals surface area (Å²) in [6.45, 7) is 0. The zero-order valence-corrected chi connectivity index (χ0v) is 17.7. The number of aromatic carboxylic acids is 1. The topological polar surface area (TPSA) is 43.6 Å². The molecular formula is C24H23N2O2S+. The number of carboxylic acid groups (broad SMARTS) is 1. The summed E-state index contributed by atoms with van der Waals surface area (Å²) in [5.41, 5.74) is 4.23. The molecule has 4 rings (SSSR count). The van der Waals surface area contributed by atoms with Gasteiger partial charge in [0.2, 0.25) is 5.36 Å². The van der Waals surface area contributed by atoms with E-state index in [0.29, 0.717) is 5.56 Å². The van der Waals surface area contributed by atoms with Crippen molar-refractivity contribution in [3.8, 4) is 21.6 Å². The summed E-state index contributed by atoms with van der Waals surface area (Å²) in [7, 11) is 8.10. The van der Waals surface area contributed by atoms with Crippen molar-refractivity contribution in [3.05, 3.63) is 71.6 Å². The van der Waals surface area contributed by atoms with Crippen molar-refractivity contribution in [2.75, 3.05) is 33.1 Å². The second kappa shape index (κ2) is 7.33. The molecule has 5 heteroatoms. The molecule has 29 heavy (non-hydrogen) atoms. The lowest BCUT2D eigenvalue weighted by Crippen LogP contribution is -2.21. The number of carbonyl (C=O) groups is 1. The first-order chi connectivity index (χ1) is 13.9. The third-order valence-corrected chi connectivity index (χ3v) is 6.26. The van der Waals surface area contributed by atoms with Crippen molar-refractivity contribution in [2.24, 2.45) is 0 Å². The van der Waals surface area contributed by atoms with E-state index in [0.717, 1.165) is 42.7 Å². The fourth-order valence-electron chi connectivity index (χ4n) is 3.60. The predicted molar refractivity (Wildman–Crippen MR) is 122 cm³/mol. The monoisotopic (exact) mass is 403 g/mol. The number of benzene rings is 3. The lowest BCUT2D eigenvalue weighted by Gasteiger charge is -2.19. The lowest BCUT2D eigenvalue weighted by molar-refractivity contribution is 0.0698. The first-order valence-electron chi connectivity index (χ1n) is 9.38. The molecule has 1 heterocycles. The van der Waals surface area contributed by atoms with Crippen LogP contribution >= 0.6 is 11.3 Å². The molecule has 0 spiro atoms. The number of nitrogens with zero attached hydrogens (tertiary/aromatic N) is 2. The van der Waals surface area contributed by atoms with E-state index in [4.69, 9.17) is 0 Å². The SMILES string of the molecule is CN(C)c1ccc2c(-c3ccccc3C(=O)O)c3ccc(=[N+](C)C)cc-3sc2c1. The van der Waals surface area contributed by atoms with Gasteiger partial charge in [0.1, 0.15) is 14.1 Å². The van der Waals surface area contributed by atoms with E-state index in [2.05, 4.69) is 45.9 Å². The van der Waals surface area contributed by atoms with E-state index >= 15 is 0 Å². The summed E-state index contributed by atoms with van der Waals surface area (Å²) in [6, 6.07) is 20.0. The van der Waals surface area contributed by atoms with Crippen LogP contribution in [-0.4, -0.2) is 39.3 Å². The Morgan fingerprint density at radius 1 is 0.966 bits per heavy atom. The van der Waals surface area contributed by atoms with Crippen molar-refractivity contribution in [3.63, 3.8) is 0 Å². The third-order valence-electron chi connectivity index (χ3n) is 5.15. The van der Waals surface area contributed by atoms with Crippen molar-refractivity contribution in [1.29, 1.82) is 0 Å². The first kappa shape index (κ1) is 19.2. The fraction of sp³-hybridized carbons (Fsp3) is 0.167. The summed E-state index contributed by atoms with van der Waals surface area (Å²) in [6.07, 6.45) is 0. The maximum absolute atomic E-state index is 11.9. The van der Waals surface area contributed by atoms with Gasteiger partial charge in [-0.2, -0.15) is 0 Å². The standard InChI is InChI=1S/C24H22N2O2S/c1-25(2)15-9-11-19-21(13-15)29-22-14-16(26(3)4)10-12-20(22)23(19)17-7-5-6-8-18(17)24(27)28/h5-14H,1-4H3/p+1. The summed E-state index contributed by atoms with van der Waals surface area (Å²) >= 11 is 1.74. The van der Waals surface area contributed by atoms with Gasteiger partial charge in [-0.25, -0.2) is 9.37 Å². The Morgan fingerprint density at radius 3 is 2.41 bits per heavy atom. The number of hydrogen-bond acceptors (Lipinski definition) is 3.